The molecular weight excluding hydrogens is 222 g/mol. The van der Waals surface area contributed by atoms with E-state index in [1.165, 1.54) is 12.0 Å². The molecule has 0 saturated carbocycles. The number of hydrogen-bond donors (Lipinski definition) is 1. The van der Waals surface area contributed by atoms with E-state index in [0.717, 1.165) is 24.6 Å². The average molecular weight is 240 g/mol. The monoisotopic (exact) mass is 239 g/mol. The molecule has 0 spiro atoms. The second-order valence-electron chi connectivity index (χ2n) is 4.37. The molecule has 2 rings (SSSR count). The fourth-order valence-corrected chi connectivity index (χ4v) is 2.65. The number of halogens is 1. The van der Waals surface area contributed by atoms with E-state index in [1.807, 2.05) is 18.2 Å². The van der Waals surface area contributed by atoms with Crippen molar-refractivity contribution >= 4 is 11.6 Å². The smallest absolute Gasteiger partial charge is 0.0491 e. The Labute approximate surface area is 102 Å². The van der Waals surface area contributed by atoms with Crippen molar-refractivity contribution in [3.05, 3.63) is 34.9 Å². The summed E-state index contributed by atoms with van der Waals surface area (Å²) in [4.78, 5) is 0. The van der Waals surface area contributed by atoms with Gasteiger partial charge in [0.2, 0.25) is 0 Å². The van der Waals surface area contributed by atoms with Crippen LogP contribution in [0.25, 0.3) is 0 Å². The van der Waals surface area contributed by atoms with Gasteiger partial charge >= 0.3 is 0 Å². The van der Waals surface area contributed by atoms with Crippen molar-refractivity contribution in [2.24, 2.45) is 5.92 Å². The lowest BCUT2D eigenvalue weighted by Crippen LogP contribution is -2.33. The highest BCUT2D eigenvalue weighted by Gasteiger charge is 2.23. The standard InChI is InChI=1S/C13H18ClNO/c1-16-9-10-6-7-15-13(8-10)11-4-2-3-5-12(11)14/h2-5,10,13,15H,6-9H2,1H3. The summed E-state index contributed by atoms with van der Waals surface area (Å²) in [6.45, 7) is 1.90. The molecule has 3 heteroatoms. The predicted molar refractivity (Wildman–Crippen MR) is 66.8 cm³/mol. The van der Waals surface area contributed by atoms with Gasteiger partial charge in [-0.2, -0.15) is 0 Å². The molecule has 1 aliphatic heterocycles. The van der Waals surface area contributed by atoms with Gasteiger partial charge in [-0.05, 0) is 36.9 Å². The third-order valence-electron chi connectivity index (χ3n) is 3.20. The van der Waals surface area contributed by atoms with Crippen molar-refractivity contribution in [1.82, 2.24) is 5.32 Å². The van der Waals surface area contributed by atoms with E-state index >= 15 is 0 Å². The Morgan fingerprint density at radius 2 is 2.25 bits per heavy atom. The maximum absolute atomic E-state index is 6.21. The topological polar surface area (TPSA) is 21.3 Å². The van der Waals surface area contributed by atoms with Crippen LogP contribution in [0, 0.1) is 5.92 Å². The molecular formula is C13H18ClNO. The highest BCUT2D eigenvalue weighted by atomic mass is 35.5. The summed E-state index contributed by atoms with van der Waals surface area (Å²) in [6.07, 6.45) is 2.30. The maximum Gasteiger partial charge on any atom is 0.0491 e. The molecule has 1 heterocycles. The van der Waals surface area contributed by atoms with Crippen LogP contribution in [0.4, 0.5) is 0 Å². The molecule has 1 aromatic rings. The van der Waals surface area contributed by atoms with Gasteiger partial charge in [-0.1, -0.05) is 29.8 Å². The molecule has 1 aromatic carbocycles. The van der Waals surface area contributed by atoms with Crippen LogP contribution in [-0.2, 0) is 4.74 Å². The van der Waals surface area contributed by atoms with E-state index in [1.54, 1.807) is 7.11 Å². The summed E-state index contributed by atoms with van der Waals surface area (Å²) in [5.74, 6) is 0.646. The van der Waals surface area contributed by atoms with Gasteiger partial charge in [0.1, 0.15) is 0 Å². The van der Waals surface area contributed by atoms with E-state index in [-0.39, 0.29) is 0 Å². The second-order valence-corrected chi connectivity index (χ2v) is 4.78. The van der Waals surface area contributed by atoms with E-state index in [9.17, 15) is 0 Å². The van der Waals surface area contributed by atoms with Gasteiger partial charge < -0.3 is 10.1 Å². The normalized spacial score (nSPS) is 25.6. The first-order valence-electron chi connectivity index (χ1n) is 5.78. The van der Waals surface area contributed by atoms with Crippen LogP contribution in [0.3, 0.4) is 0 Å². The molecule has 1 saturated heterocycles. The average Bonchev–Trinajstić information content (AvgIpc) is 2.30. The second kappa shape index (κ2) is 5.67. The van der Waals surface area contributed by atoms with Gasteiger partial charge in [0.05, 0.1) is 0 Å². The molecule has 1 aliphatic rings. The van der Waals surface area contributed by atoms with Crippen LogP contribution in [0.1, 0.15) is 24.4 Å². The molecule has 16 heavy (non-hydrogen) atoms. The summed E-state index contributed by atoms with van der Waals surface area (Å²) < 4.78 is 5.23. The highest BCUT2D eigenvalue weighted by Crippen LogP contribution is 2.31. The Morgan fingerprint density at radius 1 is 1.44 bits per heavy atom. The van der Waals surface area contributed by atoms with Crippen LogP contribution in [0.2, 0.25) is 5.02 Å². The SMILES string of the molecule is COCC1CCNC(c2ccccc2Cl)C1. The number of rotatable bonds is 3. The Morgan fingerprint density at radius 3 is 3.00 bits per heavy atom. The fourth-order valence-electron chi connectivity index (χ4n) is 2.38. The first-order chi connectivity index (χ1) is 7.81. The summed E-state index contributed by atoms with van der Waals surface area (Å²) in [7, 11) is 1.77. The zero-order valence-corrected chi connectivity index (χ0v) is 10.3. The third-order valence-corrected chi connectivity index (χ3v) is 3.54. The quantitative estimate of drug-likeness (QED) is 0.876. The third kappa shape index (κ3) is 2.76. The van der Waals surface area contributed by atoms with Gasteiger partial charge in [0, 0.05) is 24.8 Å². The number of piperidine rings is 1. The summed E-state index contributed by atoms with van der Waals surface area (Å²) in [6, 6.07) is 8.46. The predicted octanol–water partition coefficient (Wildman–Crippen LogP) is 3.03. The lowest BCUT2D eigenvalue weighted by atomic mass is 9.89. The van der Waals surface area contributed by atoms with Gasteiger partial charge in [0.25, 0.3) is 0 Å². The summed E-state index contributed by atoms with van der Waals surface area (Å²) in [5, 5.41) is 4.38. The molecule has 0 amide bonds. The van der Waals surface area contributed by atoms with Crippen LogP contribution in [-0.4, -0.2) is 20.3 Å². The van der Waals surface area contributed by atoms with Gasteiger partial charge in [-0.15, -0.1) is 0 Å². The van der Waals surface area contributed by atoms with Crippen molar-refractivity contribution in [1.29, 1.82) is 0 Å². The number of nitrogens with one attached hydrogen (secondary N) is 1. The zero-order valence-electron chi connectivity index (χ0n) is 9.58. The first kappa shape index (κ1) is 11.9. The van der Waals surface area contributed by atoms with E-state index in [4.69, 9.17) is 16.3 Å². The van der Waals surface area contributed by atoms with Crippen LogP contribution < -0.4 is 5.32 Å². The summed E-state index contributed by atoms with van der Waals surface area (Å²) in [5.41, 5.74) is 1.21. The number of methoxy groups -OCH3 is 1. The lowest BCUT2D eigenvalue weighted by molar-refractivity contribution is 0.124. The van der Waals surface area contributed by atoms with Gasteiger partial charge in [-0.25, -0.2) is 0 Å². The largest absolute Gasteiger partial charge is 0.384 e. The molecule has 0 aromatic heterocycles. The lowest BCUT2D eigenvalue weighted by Gasteiger charge is -2.30. The minimum absolute atomic E-state index is 0.377. The first-order valence-corrected chi connectivity index (χ1v) is 6.16. The molecule has 2 atom stereocenters. The molecule has 0 bridgehead atoms. The van der Waals surface area contributed by atoms with Crippen molar-refractivity contribution in [2.75, 3.05) is 20.3 Å². The van der Waals surface area contributed by atoms with Crippen molar-refractivity contribution in [3.8, 4) is 0 Å². The minimum atomic E-state index is 0.377. The molecule has 2 nitrogen and oxygen atoms in total. The van der Waals surface area contributed by atoms with Crippen molar-refractivity contribution < 1.29 is 4.74 Å². The molecule has 2 unspecified atom stereocenters. The zero-order chi connectivity index (χ0) is 11.4. The Hall–Kier alpha value is -0.570. The molecule has 1 N–H and O–H groups in total. The molecule has 1 fully saturated rings. The molecule has 0 aliphatic carbocycles. The molecule has 88 valence electrons. The van der Waals surface area contributed by atoms with Crippen LogP contribution >= 0.6 is 11.6 Å². The van der Waals surface area contributed by atoms with Crippen molar-refractivity contribution in [2.45, 2.75) is 18.9 Å². The van der Waals surface area contributed by atoms with Crippen molar-refractivity contribution in [3.63, 3.8) is 0 Å². The Kier molecular flexibility index (Phi) is 4.22. The Balaban J connectivity index is 2.07. The van der Waals surface area contributed by atoms with Crippen LogP contribution in [0.15, 0.2) is 24.3 Å². The van der Waals surface area contributed by atoms with Gasteiger partial charge in [-0.3, -0.25) is 0 Å². The fraction of sp³-hybridized carbons (Fsp3) is 0.538. The number of ether oxygens (including phenoxy) is 1. The van der Waals surface area contributed by atoms with E-state index < -0.39 is 0 Å². The maximum atomic E-state index is 6.21. The van der Waals surface area contributed by atoms with Gasteiger partial charge in [0.15, 0.2) is 0 Å². The number of benzene rings is 1. The minimum Gasteiger partial charge on any atom is -0.384 e. The Bertz CT molecular complexity index is 340. The van der Waals surface area contributed by atoms with Crippen LogP contribution in [0.5, 0.6) is 0 Å². The van der Waals surface area contributed by atoms with E-state index in [2.05, 4.69) is 11.4 Å². The highest BCUT2D eigenvalue weighted by molar-refractivity contribution is 6.31. The van der Waals surface area contributed by atoms with E-state index in [0.29, 0.717) is 12.0 Å². The molecule has 0 radical (unpaired) electrons. The summed E-state index contributed by atoms with van der Waals surface area (Å²) >= 11 is 6.21. The number of hydrogen-bond acceptors (Lipinski definition) is 2.